The molecule has 17 aromatic rings. The van der Waals surface area contributed by atoms with E-state index in [1.54, 1.807) is 71.4 Å². The van der Waals surface area contributed by atoms with E-state index in [0.29, 0.717) is 33.4 Å². The van der Waals surface area contributed by atoms with E-state index >= 15 is 0 Å². The van der Waals surface area contributed by atoms with Gasteiger partial charge in [-0.1, -0.05) is 214 Å². The number of hydrogen-bond donors (Lipinski definition) is 0. The summed E-state index contributed by atoms with van der Waals surface area (Å²) in [5.74, 6) is 1.15. The Morgan fingerprint density at radius 3 is 1.57 bits per heavy atom. The molecule has 96 heavy (non-hydrogen) atoms. The summed E-state index contributed by atoms with van der Waals surface area (Å²) in [4.78, 5) is 4.88. The molecule has 1 aliphatic heterocycles. The van der Waals surface area contributed by atoms with Crippen LogP contribution in [0.25, 0.3) is 155 Å². The Balaban J connectivity index is 1.06. The van der Waals surface area contributed by atoms with Crippen LogP contribution in [0.15, 0.2) is 303 Å². The third-order valence-electron chi connectivity index (χ3n) is 17.7. The van der Waals surface area contributed by atoms with Crippen LogP contribution in [0.2, 0.25) is 0 Å². The molecule has 456 valence electrons. The molecule has 5 heterocycles. The maximum Gasteiger partial charge on any atom is 0.269 e. The minimum absolute atomic E-state index is 0.0283. The van der Waals surface area contributed by atoms with Gasteiger partial charge in [0, 0.05) is 42.0 Å². The van der Waals surface area contributed by atoms with Crippen LogP contribution < -0.4 is 9.30 Å². The third kappa shape index (κ3) is 9.31. The van der Waals surface area contributed by atoms with Gasteiger partial charge in [-0.2, -0.15) is 0 Å². The minimum Gasteiger partial charge on any atom is -0.458 e. The summed E-state index contributed by atoms with van der Waals surface area (Å²) in [5.41, 5.74) is -4.92. The van der Waals surface area contributed by atoms with E-state index in [2.05, 4.69) is 27.1 Å². The molecule has 6 heteroatoms. The summed E-state index contributed by atoms with van der Waals surface area (Å²) in [6.45, 7) is 0.191. The van der Waals surface area contributed by atoms with Crippen LogP contribution in [0.4, 0.5) is 0 Å². The van der Waals surface area contributed by atoms with Gasteiger partial charge in [-0.3, -0.25) is 13.7 Å². The minimum atomic E-state index is -3.07. The standard InChI is InChI=1S/C90H65N5O/c1-57-24-22-25-58(2)87(57)65-50-79-73-35-15-13-33-71(73)70-32-12-14-34-72(70)78-49-64(63-47-61(59-26-8-6-9-27-59)46-62(48-63)60-28-10-7-11-29-60)51-84-88(78)93(89(79)85(52-65)94-80-39-19-16-36-74(80)75-37-17-20-40-81(75)94)56-92(84)67-30-23-31-68(54-67)96-69-42-43-77-76-38-18-21-41-82(76)95(83(77)55-69)86-53-66(44-45-91-86)90(3,4)5/h6-55H,1-5H3/i1D3,2D3,6D,7D,8D,9D,10D,11D,12D,13D,14D,15D,26D,27D,28D,29D,32D,33D,34D,35D,46D,47D,48D. The van der Waals surface area contributed by atoms with Crippen LogP contribution >= 0.6 is 0 Å². The lowest BCUT2D eigenvalue weighted by Crippen LogP contribution is -2.33. The van der Waals surface area contributed by atoms with Crippen LogP contribution in [-0.2, 0) is 5.41 Å². The van der Waals surface area contributed by atoms with Gasteiger partial charge in [0.1, 0.15) is 17.3 Å². The van der Waals surface area contributed by atoms with Gasteiger partial charge in [-0.05, 0) is 211 Å². The lowest BCUT2D eigenvalue weighted by molar-refractivity contribution is -0.571. The molecule has 0 bridgehead atoms. The Morgan fingerprint density at radius 2 is 0.958 bits per heavy atom. The fourth-order valence-electron chi connectivity index (χ4n) is 13.4. The maximum atomic E-state index is 10.6. The lowest BCUT2D eigenvalue weighted by Gasteiger charge is -2.23. The molecule has 0 unspecified atom stereocenters. The second-order valence-electron chi connectivity index (χ2n) is 24.4. The first-order valence-corrected chi connectivity index (χ1v) is 30.9. The molecule has 0 radical (unpaired) electrons. The van der Waals surface area contributed by atoms with Crippen LogP contribution in [0, 0.1) is 20.0 Å². The molecule has 0 amide bonds. The molecule has 0 atom stereocenters. The molecule has 0 saturated heterocycles. The molecular formula is C90H65N5O. The highest BCUT2D eigenvalue weighted by atomic mass is 16.5. The smallest absolute Gasteiger partial charge is 0.269 e. The van der Waals surface area contributed by atoms with Crippen molar-refractivity contribution in [2.75, 3.05) is 0 Å². The number of imidazole rings is 1. The van der Waals surface area contributed by atoms with Gasteiger partial charge in [-0.15, -0.1) is 0 Å². The fraction of sp³-hybridized carbons (Fsp3) is 0.0667. The summed E-state index contributed by atoms with van der Waals surface area (Å²) in [6, 6.07) is 28.9. The van der Waals surface area contributed by atoms with E-state index in [0.717, 1.165) is 27.4 Å². The van der Waals surface area contributed by atoms with E-state index in [1.807, 2.05) is 77.4 Å². The first-order valence-electron chi connectivity index (χ1n) is 44.4. The first-order chi connectivity index (χ1) is 58.2. The Hall–Kier alpha value is -12.1. The number of nitrogens with zero attached hydrogens (tertiary/aromatic N) is 5. The van der Waals surface area contributed by atoms with Gasteiger partial charge in [0.2, 0.25) is 0 Å². The monoisotopic (exact) mass is 1260 g/mol. The van der Waals surface area contributed by atoms with Crippen molar-refractivity contribution in [1.82, 2.24) is 18.7 Å². The molecule has 0 fully saturated rings. The van der Waals surface area contributed by atoms with E-state index in [9.17, 15) is 20.6 Å². The number of fused-ring (bicyclic) bond motifs is 13. The topological polar surface area (TPSA) is 40.8 Å². The van der Waals surface area contributed by atoms with E-state index in [-0.39, 0.29) is 67.1 Å². The summed E-state index contributed by atoms with van der Waals surface area (Å²) in [5, 5.41) is 3.09. The predicted molar refractivity (Wildman–Crippen MR) is 396 cm³/mol. The molecule has 0 N–H and O–H groups in total. The van der Waals surface area contributed by atoms with Crippen molar-refractivity contribution in [2.45, 2.75) is 39.9 Å². The predicted octanol–water partition coefficient (Wildman–Crippen LogP) is 23.0. The number of pyridine rings is 1. The number of para-hydroxylation sites is 3. The number of aromatic nitrogens is 5. The Bertz CT molecular complexity index is 7340. The number of hydrogen-bond acceptors (Lipinski definition) is 2. The second-order valence-corrected chi connectivity index (χ2v) is 24.4. The van der Waals surface area contributed by atoms with Crippen molar-refractivity contribution in [3.8, 4) is 112 Å². The average molecular weight is 1260 g/mol. The number of ether oxygens (including phenoxy) is 1. The highest BCUT2D eigenvalue weighted by Crippen LogP contribution is 2.49. The number of rotatable bonds is 9. The summed E-state index contributed by atoms with van der Waals surface area (Å²) >= 11 is 0. The maximum absolute atomic E-state index is 10.6. The van der Waals surface area contributed by atoms with E-state index in [1.165, 1.54) is 45.5 Å². The Kier molecular flexibility index (Phi) is 8.18. The van der Waals surface area contributed by atoms with Gasteiger partial charge in [0.25, 0.3) is 6.33 Å². The van der Waals surface area contributed by atoms with Crippen molar-refractivity contribution < 1.29 is 46.3 Å². The number of aryl methyl sites for hydroxylation is 2. The highest BCUT2D eigenvalue weighted by molar-refractivity contribution is 6.12. The fourth-order valence-corrected chi connectivity index (χ4v) is 13.4. The molecule has 0 aliphatic carbocycles. The van der Waals surface area contributed by atoms with Gasteiger partial charge < -0.3 is 9.30 Å². The molecule has 6 nitrogen and oxygen atoms in total. The number of benzene rings is 13. The van der Waals surface area contributed by atoms with Crippen molar-refractivity contribution in [2.24, 2.45) is 0 Å². The zero-order chi connectivity index (χ0) is 87.6. The zero-order valence-corrected chi connectivity index (χ0v) is 51.4. The molecular weight excluding hydrogens is 1170 g/mol. The molecule has 13 aromatic carbocycles. The summed E-state index contributed by atoms with van der Waals surface area (Å²) < 4.78 is 271. The van der Waals surface area contributed by atoms with Gasteiger partial charge in [0.15, 0.2) is 0 Å². The van der Waals surface area contributed by atoms with Crippen molar-refractivity contribution in [1.29, 1.82) is 0 Å². The molecule has 18 rings (SSSR count). The first kappa shape index (κ1) is 35.2. The average Bonchev–Trinajstić information content (AvgIpc) is 1.57. The van der Waals surface area contributed by atoms with E-state index in [4.69, 9.17) is 26.2 Å². The van der Waals surface area contributed by atoms with Crippen LogP contribution in [0.5, 0.6) is 11.5 Å². The van der Waals surface area contributed by atoms with Crippen LogP contribution in [0.3, 0.4) is 0 Å². The molecule has 1 aliphatic rings. The van der Waals surface area contributed by atoms with Crippen molar-refractivity contribution >= 4 is 54.6 Å². The Labute approximate surface area is 596 Å². The Morgan fingerprint density at radius 1 is 0.427 bits per heavy atom. The molecule has 0 saturated carbocycles. The highest BCUT2D eigenvalue weighted by Gasteiger charge is 2.30. The molecule has 0 spiro atoms. The zero-order valence-electron chi connectivity index (χ0n) is 78.4. The van der Waals surface area contributed by atoms with Gasteiger partial charge >= 0.3 is 0 Å². The lowest BCUT2D eigenvalue weighted by atomic mass is 9.86. The van der Waals surface area contributed by atoms with Crippen LogP contribution in [-0.4, -0.2) is 18.7 Å². The van der Waals surface area contributed by atoms with Crippen LogP contribution in [0.1, 0.15) is 74.5 Å². The van der Waals surface area contributed by atoms with Gasteiger partial charge in [0.05, 0.1) is 78.9 Å². The SMILES string of the molecule is [2H]c1c([2H])c([2H])c(-c2c([2H])c(-c3cc4c5c(c3)n(-c3cccc(Oc6ccc7c8ccccc8n(-c8cc(C(C)(C)C)ccn8)c7c6)c3)[c-][n+]5-c3c(cc(-c5c(C([2H])([2H])[2H])cccc5C([2H])([2H])[2H])cc3-n3c5ccccc5c5ccccc53)-c3c([2H])c([2H])c([2H])c([2H])c3-c3c([2H])c([2H])c([2H])c([2H])c3-4)c([2H])c(-c3c([2H])c([2H])c([2H])c([2H])c3[2H])c2[2H])c([2H])c1[2H]. The molecule has 4 aromatic heterocycles. The van der Waals surface area contributed by atoms with Crippen molar-refractivity contribution in [3.63, 3.8) is 0 Å². The quantitative estimate of drug-likeness (QED) is 0.107. The third-order valence-corrected chi connectivity index (χ3v) is 17.7. The van der Waals surface area contributed by atoms with E-state index < -0.39 is 202 Å². The summed E-state index contributed by atoms with van der Waals surface area (Å²) in [6.07, 6.45) is 5.35. The van der Waals surface area contributed by atoms with Crippen molar-refractivity contribution in [3.05, 3.63) is 326 Å². The summed E-state index contributed by atoms with van der Waals surface area (Å²) in [7, 11) is 0. The van der Waals surface area contributed by atoms with Gasteiger partial charge in [-0.25, -0.2) is 4.98 Å². The normalized spacial score (nSPS) is 16.3. The largest absolute Gasteiger partial charge is 0.458 e. The second kappa shape index (κ2) is 22.3.